The second-order valence-corrected chi connectivity index (χ2v) is 4.69. The number of hydrogen-bond acceptors (Lipinski definition) is 4. The highest BCUT2D eigenvalue weighted by Crippen LogP contribution is 2.29. The van der Waals surface area contributed by atoms with Crippen molar-refractivity contribution in [3.05, 3.63) is 46.2 Å². The first-order chi connectivity index (χ1) is 8.47. The van der Waals surface area contributed by atoms with Crippen LogP contribution in [0, 0.1) is 0 Å². The molecule has 2 N–H and O–H groups in total. The lowest BCUT2D eigenvalue weighted by Crippen LogP contribution is -2.15. The maximum absolute atomic E-state index is 12.3. The molecule has 2 aromatic heterocycles. The molecule has 1 atom stereocenters. The molecule has 2 aromatic rings. The summed E-state index contributed by atoms with van der Waals surface area (Å²) in [6.45, 7) is 0. The minimum atomic E-state index is -4.37. The van der Waals surface area contributed by atoms with Crippen molar-refractivity contribution in [2.24, 2.45) is 5.73 Å². The zero-order valence-corrected chi connectivity index (χ0v) is 10.0. The average Bonchev–Trinajstić information content (AvgIpc) is 2.81. The van der Waals surface area contributed by atoms with Crippen molar-refractivity contribution >= 4 is 11.3 Å². The van der Waals surface area contributed by atoms with Crippen LogP contribution in [0.15, 0.2) is 29.9 Å². The number of halogens is 3. The molecule has 0 aliphatic rings. The van der Waals surface area contributed by atoms with Gasteiger partial charge in [0.2, 0.25) is 0 Å². The first-order valence-corrected chi connectivity index (χ1v) is 6.02. The SMILES string of the molecule is NC(Cc1nccs1)c1ccc(C(F)(F)F)cn1. The van der Waals surface area contributed by atoms with E-state index in [1.165, 1.54) is 17.4 Å². The fourth-order valence-corrected chi connectivity index (χ4v) is 2.12. The molecule has 0 aliphatic carbocycles. The topological polar surface area (TPSA) is 51.8 Å². The molecule has 0 aliphatic heterocycles. The second-order valence-electron chi connectivity index (χ2n) is 3.71. The molecule has 7 heteroatoms. The molecule has 0 bridgehead atoms. The van der Waals surface area contributed by atoms with E-state index >= 15 is 0 Å². The summed E-state index contributed by atoms with van der Waals surface area (Å²) in [5.74, 6) is 0. The zero-order chi connectivity index (χ0) is 13.2. The van der Waals surface area contributed by atoms with E-state index in [0.29, 0.717) is 12.1 Å². The normalized spacial score (nSPS) is 13.6. The summed E-state index contributed by atoms with van der Waals surface area (Å²) in [5, 5.41) is 2.66. The Morgan fingerprint density at radius 3 is 2.56 bits per heavy atom. The van der Waals surface area contributed by atoms with Crippen molar-refractivity contribution in [3.8, 4) is 0 Å². The molecule has 0 saturated heterocycles. The molecule has 0 amide bonds. The lowest BCUT2D eigenvalue weighted by molar-refractivity contribution is -0.137. The van der Waals surface area contributed by atoms with Crippen LogP contribution in [0.3, 0.4) is 0 Å². The van der Waals surface area contributed by atoms with Crippen LogP contribution in [0.25, 0.3) is 0 Å². The molecule has 96 valence electrons. The van der Waals surface area contributed by atoms with E-state index in [0.717, 1.165) is 17.3 Å². The zero-order valence-electron chi connectivity index (χ0n) is 9.19. The minimum Gasteiger partial charge on any atom is -0.322 e. The molecule has 3 nitrogen and oxygen atoms in total. The average molecular weight is 273 g/mol. The van der Waals surface area contributed by atoms with Crippen molar-refractivity contribution in [2.75, 3.05) is 0 Å². The van der Waals surface area contributed by atoms with Crippen LogP contribution in [-0.4, -0.2) is 9.97 Å². The van der Waals surface area contributed by atoms with Gasteiger partial charge in [0.25, 0.3) is 0 Å². The first kappa shape index (κ1) is 13.0. The summed E-state index contributed by atoms with van der Waals surface area (Å²) in [4.78, 5) is 7.83. The highest BCUT2D eigenvalue weighted by molar-refractivity contribution is 7.09. The number of thiazole rings is 1. The first-order valence-electron chi connectivity index (χ1n) is 5.14. The minimum absolute atomic E-state index is 0.429. The Morgan fingerprint density at radius 2 is 2.06 bits per heavy atom. The summed E-state index contributed by atoms with van der Waals surface area (Å²) in [5.41, 5.74) is 5.53. The van der Waals surface area contributed by atoms with Gasteiger partial charge in [-0.05, 0) is 12.1 Å². The molecule has 0 saturated carbocycles. The molecule has 0 fully saturated rings. The van der Waals surface area contributed by atoms with Gasteiger partial charge < -0.3 is 5.73 Å². The van der Waals surface area contributed by atoms with Crippen LogP contribution in [0.5, 0.6) is 0 Å². The molecular weight excluding hydrogens is 263 g/mol. The van der Waals surface area contributed by atoms with Crippen molar-refractivity contribution in [1.82, 2.24) is 9.97 Å². The van der Waals surface area contributed by atoms with Crippen LogP contribution in [0.1, 0.15) is 22.3 Å². The molecule has 2 heterocycles. The van der Waals surface area contributed by atoms with Gasteiger partial charge in [-0.15, -0.1) is 11.3 Å². The summed E-state index contributed by atoms with van der Waals surface area (Å²) in [6, 6.07) is 1.85. The number of alkyl halides is 3. The van der Waals surface area contributed by atoms with Gasteiger partial charge in [0.15, 0.2) is 0 Å². The molecule has 2 rings (SSSR count). The maximum Gasteiger partial charge on any atom is 0.417 e. The Morgan fingerprint density at radius 1 is 1.28 bits per heavy atom. The van der Waals surface area contributed by atoms with Crippen molar-refractivity contribution in [1.29, 1.82) is 0 Å². The van der Waals surface area contributed by atoms with E-state index < -0.39 is 17.8 Å². The summed E-state index contributed by atoms with van der Waals surface area (Å²) >= 11 is 1.45. The number of nitrogens with zero attached hydrogens (tertiary/aromatic N) is 2. The number of pyridine rings is 1. The summed E-state index contributed by atoms with van der Waals surface area (Å²) in [7, 11) is 0. The van der Waals surface area contributed by atoms with Crippen LogP contribution in [0.2, 0.25) is 0 Å². The van der Waals surface area contributed by atoms with E-state index in [4.69, 9.17) is 5.73 Å². The number of rotatable bonds is 3. The van der Waals surface area contributed by atoms with Crippen molar-refractivity contribution in [3.63, 3.8) is 0 Å². The molecule has 18 heavy (non-hydrogen) atoms. The van der Waals surface area contributed by atoms with Crippen LogP contribution in [-0.2, 0) is 12.6 Å². The third kappa shape index (κ3) is 3.05. The maximum atomic E-state index is 12.3. The Labute approximate surface area is 105 Å². The number of hydrogen-bond donors (Lipinski definition) is 1. The Balaban J connectivity index is 2.10. The Bertz CT molecular complexity index is 493. The smallest absolute Gasteiger partial charge is 0.322 e. The van der Waals surface area contributed by atoms with E-state index in [1.807, 2.05) is 5.38 Å². The highest BCUT2D eigenvalue weighted by Gasteiger charge is 2.30. The Hall–Kier alpha value is -1.47. The van der Waals surface area contributed by atoms with E-state index in [-0.39, 0.29) is 0 Å². The largest absolute Gasteiger partial charge is 0.417 e. The lowest BCUT2D eigenvalue weighted by atomic mass is 10.1. The van der Waals surface area contributed by atoms with Crippen molar-refractivity contribution < 1.29 is 13.2 Å². The van der Waals surface area contributed by atoms with Crippen LogP contribution in [0.4, 0.5) is 13.2 Å². The fraction of sp³-hybridized carbons (Fsp3) is 0.273. The van der Waals surface area contributed by atoms with Crippen LogP contribution >= 0.6 is 11.3 Å². The molecule has 0 spiro atoms. The van der Waals surface area contributed by atoms with E-state index in [2.05, 4.69) is 9.97 Å². The van der Waals surface area contributed by atoms with E-state index in [1.54, 1.807) is 6.20 Å². The van der Waals surface area contributed by atoms with Gasteiger partial charge in [-0.1, -0.05) is 0 Å². The molecule has 1 unspecified atom stereocenters. The standard InChI is InChI=1S/C11H10F3N3S/c12-11(13,14)7-1-2-9(17-6-7)8(15)5-10-16-3-4-18-10/h1-4,6,8H,5,15H2. The summed E-state index contributed by atoms with van der Waals surface area (Å²) < 4.78 is 37.0. The summed E-state index contributed by atoms with van der Waals surface area (Å²) in [6.07, 6.45) is -1.44. The van der Waals surface area contributed by atoms with Crippen LogP contribution < -0.4 is 5.73 Å². The van der Waals surface area contributed by atoms with Crippen molar-refractivity contribution in [2.45, 2.75) is 18.6 Å². The monoisotopic (exact) mass is 273 g/mol. The van der Waals surface area contributed by atoms with E-state index in [9.17, 15) is 13.2 Å². The van der Waals surface area contributed by atoms with Gasteiger partial charge in [-0.25, -0.2) is 4.98 Å². The van der Waals surface area contributed by atoms with Gasteiger partial charge in [-0.2, -0.15) is 13.2 Å². The molecule has 0 aromatic carbocycles. The predicted octanol–water partition coefficient (Wildman–Crippen LogP) is 2.80. The van der Waals surface area contributed by atoms with Gasteiger partial charge in [0.1, 0.15) is 0 Å². The molecule has 0 radical (unpaired) electrons. The van der Waals surface area contributed by atoms with Gasteiger partial charge in [0, 0.05) is 24.2 Å². The van der Waals surface area contributed by atoms with Gasteiger partial charge in [-0.3, -0.25) is 4.98 Å². The molecular formula is C11H10F3N3S. The van der Waals surface area contributed by atoms with Gasteiger partial charge >= 0.3 is 6.18 Å². The predicted molar refractivity (Wildman–Crippen MR) is 62.0 cm³/mol. The second kappa shape index (κ2) is 5.03. The number of nitrogens with two attached hydrogens (primary N) is 1. The van der Waals surface area contributed by atoms with Gasteiger partial charge in [0.05, 0.1) is 22.3 Å². The third-order valence-corrected chi connectivity index (χ3v) is 3.17. The fourth-order valence-electron chi connectivity index (χ4n) is 1.44. The highest BCUT2D eigenvalue weighted by atomic mass is 32.1. The Kier molecular flexibility index (Phi) is 3.63. The lowest BCUT2D eigenvalue weighted by Gasteiger charge is -2.11. The number of aromatic nitrogens is 2. The third-order valence-electron chi connectivity index (χ3n) is 2.37. The quantitative estimate of drug-likeness (QED) is 0.935.